The van der Waals surface area contributed by atoms with Crippen molar-refractivity contribution in [3.05, 3.63) is 0 Å². The normalized spacial score (nSPS) is 36.3. The first-order valence-electron chi connectivity index (χ1n) is 4.59. The summed E-state index contributed by atoms with van der Waals surface area (Å²) >= 11 is 0. The summed E-state index contributed by atoms with van der Waals surface area (Å²) < 4.78 is 11.3. The minimum atomic E-state index is -0.155. The molecule has 1 saturated carbocycles. The van der Waals surface area contributed by atoms with Crippen molar-refractivity contribution in [2.45, 2.75) is 38.4 Å². The smallest absolute Gasteiger partial charge is 0.168 e. The zero-order valence-corrected chi connectivity index (χ0v) is 7.14. The molecule has 2 nitrogen and oxygen atoms in total. The lowest BCUT2D eigenvalue weighted by Crippen LogP contribution is -2.35. The molecule has 1 aliphatic carbocycles. The Hall–Kier alpha value is -0.0800. The highest BCUT2D eigenvalue weighted by molar-refractivity contribution is 4.81. The highest BCUT2D eigenvalue weighted by atomic mass is 16.7. The quantitative estimate of drug-likeness (QED) is 0.533. The van der Waals surface area contributed by atoms with Crippen LogP contribution in [0.4, 0.5) is 0 Å². The molecular weight excluding hydrogens is 140 g/mol. The second-order valence-electron chi connectivity index (χ2n) is 3.81. The Morgan fingerprint density at radius 1 is 1.27 bits per heavy atom. The highest BCUT2D eigenvalue weighted by Gasteiger charge is 2.39. The van der Waals surface area contributed by atoms with Crippen LogP contribution >= 0.6 is 0 Å². The monoisotopic (exact) mass is 156 g/mol. The van der Waals surface area contributed by atoms with Crippen molar-refractivity contribution in [2.75, 3.05) is 13.2 Å². The fourth-order valence-electron chi connectivity index (χ4n) is 2.21. The Morgan fingerprint density at radius 2 is 2.00 bits per heavy atom. The topological polar surface area (TPSA) is 18.5 Å². The molecule has 1 atom stereocenters. The van der Waals surface area contributed by atoms with E-state index in [4.69, 9.17) is 9.47 Å². The summed E-state index contributed by atoms with van der Waals surface area (Å²) in [6.45, 7) is 3.88. The van der Waals surface area contributed by atoms with E-state index >= 15 is 0 Å². The molecule has 11 heavy (non-hydrogen) atoms. The summed E-state index contributed by atoms with van der Waals surface area (Å²) in [5, 5.41) is 0. The number of hydrogen-bond acceptors (Lipinski definition) is 2. The molecule has 1 spiro atoms. The number of rotatable bonds is 0. The lowest BCUT2D eigenvalue weighted by atomic mass is 9.86. The molecule has 0 N–H and O–H groups in total. The van der Waals surface area contributed by atoms with Gasteiger partial charge >= 0.3 is 0 Å². The lowest BCUT2D eigenvalue weighted by molar-refractivity contribution is -0.185. The van der Waals surface area contributed by atoms with Gasteiger partial charge in [-0.25, -0.2) is 0 Å². The Morgan fingerprint density at radius 3 is 2.64 bits per heavy atom. The Labute approximate surface area is 67.9 Å². The van der Waals surface area contributed by atoms with Gasteiger partial charge in [0.2, 0.25) is 0 Å². The van der Waals surface area contributed by atoms with Crippen LogP contribution in [0.2, 0.25) is 0 Å². The van der Waals surface area contributed by atoms with Crippen molar-refractivity contribution in [3.8, 4) is 0 Å². The predicted octanol–water partition coefficient (Wildman–Crippen LogP) is 1.94. The van der Waals surface area contributed by atoms with Crippen LogP contribution in [-0.4, -0.2) is 19.0 Å². The standard InChI is InChI=1S/C9H16O2/c1-8-3-2-4-9(7-8)10-5-6-11-9/h8H,2-7H2,1H3. The molecule has 1 unspecified atom stereocenters. The molecule has 64 valence electrons. The Bertz CT molecular complexity index is 138. The molecule has 2 fully saturated rings. The molecule has 0 aromatic carbocycles. The van der Waals surface area contributed by atoms with Crippen LogP contribution in [0.15, 0.2) is 0 Å². The van der Waals surface area contributed by atoms with Gasteiger partial charge in [-0.15, -0.1) is 0 Å². The van der Waals surface area contributed by atoms with Gasteiger partial charge in [0.1, 0.15) is 0 Å². The molecule has 0 aromatic heterocycles. The summed E-state index contributed by atoms with van der Waals surface area (Å²) in [5.41, 5.74) is 0. The van der Waals surface area contributed by atoms with Gasteiger partial charge in [-0.05, 0) is 12.3 Å². The van der Waals surface area contributed by atoms with Crippen molar-refractivity contribution in [1.82, 2.24) is 0 Å². The largest absolute Gasteiger partial charge is 0.348 e. The zero-order valence-electron chi connectivity index (χ0n) is 7.14. The number of hydrogen-bond donors (Lipinski definition) is 0. The van der Waals surface area contributed by atoms with E-state index in [1.807, 2.05) is 0 Å². The summed E-state index contributed by atoms with van der Waals surface area (Å²) in [5.74, 6) is 0.624. The van der Waals surface area contributed by atoms with E-state index in [0.29, 0.717) is 0 Å². The maximum absolute atomic E-state index is 5.63. The summed E-state index contributed by atoms with van der Waals surface area (Å²) in [4.78, 5) is 0. The summed E-state index contributed by atoms with van der Waals surface area (Å²) in [6.07, 6.45) is 4.82. The van der Waals surface area contributed by atoms with E-state index in [2.05, 4.69) is 6.92 Å². The third kappa shape index (κ3) is 1.42. The van der Waals surface area contributed by atoms with Crippen LogP contribution in [-0.2, 0) is 9.47 Å². The van der Waals surface area contributed by atoms with Gasteiger partial charge in [0.25, 0.3) is 0 Å². The third-order valence-electron chi connectivity index (χ3n) is 2.73. The van der Waals surface area contributed by atoms with Gasteiger partial charge in [0, 0.05) is 12.8 Å². The molecule has 1 saturated heterocycles. The second kappa shape index (κ2) is 2.76. The van der Waals surface area contributed by atoms with Crippen LogP contribution in [0.1, 0.15) is 32.6 Å². The Balaban J connectivity index is 2.00. The second-order valence-corrected chi connectivity index (χ2v) is 3.81. The van der Waals surface area contributed by atoms with E-state index < -0.39 is 0 Å². The highest BCUT2D eigenvalue weighted by Crippen LogP contribution is 2.38. The fraction of sp³-hybridized carbons (Fsp3) is 1.00. The first-order chi connectivity index (χ1) is 5.31. The SMILES string of the molecule is CC1CCCC2(C1)OCCO2. The maximum atomic E-state index is 5.63. The van der Waals surface area contributed by atoms with Crippen LogP contribution in [0.5, 0.6) is 0 Å². The maximum Gasteiger partial charge on any atom is 0.168 e. The van der Waals surface area contributed by atoms with Crippen molar-refractivity contribution in [1.29, 1.82) is 0 Å². The molecule has 0 bridgehead atoms. The summed E-state index contributed by atoms with van der Waals surface area (Å²) in [7, 11) is 0. The van der Waals surface area contributed by atoms with Crippen LogP contribution in [0.3, 0.4) is 0 Å². The fourth-order valence-corrected chi connectivity index (χ4v) is 2.21. The van der Waals surface area contributed by atoms with E-state index in [1.165, 1.54) is 12.8 Å². The van der Waals surface area contributed by atoms with Crippen molar-refractivity contribution < 1.29 is 9.47 Å². The number of ether oxygens (including phenoxy) is 2. The van der Waals surface area contributed by atoms with Gasteiger partial charge in [-0.1, -0.05) is 13.3 Å². The first-order valence-corrected chi connectivity index (χ1v) is 4.59. The molecule has 2 aliphatic rings. The molecule has 2 heteroatoms. The Kier molecular flexibility index (Phi) is 1.90. The van der Waals surface area contributed by atoms with Crippen molar-refractivity contribution in [3.63, 3.8) is 0 Å². The van der Waals surface area contributed by atoms with E-state index in [1.54, 1.807) is 0 Å². The molecular formula is C9H16O2. The van der Waals surface area contributed by atoms with Gasteiger partial charge in [-0.2, -0.15) is 0 Å². The minimum absolute atomic E-state index is 0.155. The van der Waals surface area contributed by atoms with Gasteiger partial charge in [-0.3, -0.25) is 0 Å². The third-order valence-corrected chi connectivity index (χ3v) is 2.73. The molecule has 0 aromatic rings. The van der Waals surface area contributed by atoms with E-state index in [9.17, 15) is 0 Å². The molecule has 2 rings (SSSR count). The lowest BCUT2D eigenvalue weighted by Gasteiger charge is -2.34. The van der Waals surface area contributed by atoms with Crippen LogP contribution in [0, 0.1) is 5.92 Å². The van der Waals surface area contributed by atoms with Gasteiger partial charge in [0.05, 0.1) is 13.2 Å². The molecule has 1 heterocycles. The van der Waals surface area contributed by atoms with Crippen LogP contribution in [0.25, 0.3) is 0 Å². The average molecular weight is 156 g/mol. The van der Waals surface area contributed by atoms with Crippen molar-refractivity contribution >= 4 is 0 Å². The average Bonchev–Trinajstić information content (AvgIpc) is 2.37. The van der Waals surface area contributed by atoms with Gasteiger partial charge < -0.3 is 9.47 Å². The van der Waals surface area contributed by atoms with Crippen molar-refractivity contribution in [2.24, 2.45) is 5.92 Å². The van der Waals surface area contributed by atoms with E-state index in [-0.39, 0.29) is 5.79 Å². The summed E-state index contributed by atoms with van der Waals surface area (Å²) in [6, 6.07) is 0. The predicted molar refractivity (Wildman–Crippen MR) is 42.3 cm³/mol. The van der Waals surface area contributed by atoms with Gasteiger partial charge in [0.15, 0.2) is 5.79 Å². The molecule has 0 radical (unpaired) electrons. The first kappa shape index (κ1) is 7.56. The zero-order chi connectivity index (χ0) is 7.73. The molecule has 1 aliphatic heterocycles. The molecule has 0 amide bonds. The minimum Gasteiger partial charge on any atom is -0.348 e. The van der Waals surface area contributed by atoms with Crippen LogP contribution < -0.4 is 0 Å². The van der Waals surface area contributed by atoms with E-state index in [0.717, 1.165) is 32.0 Å².